The first-order valence-electron chi connectivity index (χ1n) is 9.13. The zero-order valence-electron chi connectivity index (χ0n) is 15.2. The van der Waals surface area contributed by atoms with Crippen LogP contribution in [-0.2, 0) is 13.0 Å². The van der Waals surface area contributed by atoms with E-state index in [1.54, 1.807) is 21.7 Å². The Labute approximate surface area is 157 Å². The lowest BCUT2D eigenvalue weighted by Crippen LogP contribution is -2.33. The van der Waals surface area contributed by atoms with Crippen LogP contribution in [0.1, 0.15) is 12.5 Å². The topological polar surface area (TPSA) is 54.3 Å². The van der Waals surface area contributed by atoms with E-state index >= 15 is 0 Å². The smallest absolute Gasteiger partial charge is 0.314 e. The molecule has 1 aliphatic heterocycles. The Morgan fingerprint density at radius 2 is 1.85 bits per heavy atom. The molecule has 0 fully saturated rings. The molecule has 0 bridgehead atoms. The van der Waals surface area contributed by atoms with Crippen LogP contribution in [0, 0.1) is 0 Å². The summed E-state index contributed by atoms with van der Waals surface area (Å²) < 4.78 is 1.57. The number of aryl methyl sites for hydroxylation is 1. The number of fused-ring (bicyclic) bond motifs is 1. The largest absolute Gasteiger partial charge is 0.326 e. The molecule has 4 rings (SSSR count). The maximum absolute atomic E-state index is 12.7. The van der Waals surface area contributed by atoms with Gasteiger partial charge in [-0.25, -0.2) is 4.79 Å². The number of hydrogen-bond donors (Lipinski definition) is 1. The Bertz CT molecular complexity index is 1040. The standard InChI is InChI=1S/C22H21N3O2/c1-2-24-15-19(9-11-21(24)26)23-22(27)25-13-12-18-14-17(8-10-20(18)25)16-6-4-3-5-7-16/h3-11,14-15H,2,12-13H2,1H3,(H,23,27). The third-order valence-electron chi connectivity index (χ3n) is 4.90. The molecular weight excluding hydrogens is 338 g/mol. The van der Waals surface area contributed by atoms with Gasteiger partial charge in [-0.2, -0.15) is 0 Å². The number of pyridine rings is 1. The van der Waals surface area contributed by atoms with E-state index in [0.717, 1.165) is 17.7 Å². The molecule has 136 valence electrons. The van der Waals surface area contributed by atoms with Crippen LogP contribution in [0.3, 0.4) is 0 Å². The van der Waals surface area contributed by atoms with E-state index in [-0.39, 0.29) is 11.6 Å². The molecule has 1 aromatic heterocycles. The summed E-state index contributed by atoms with van der Waals surface area (Å²) in [5, 5.41) is 2.90. The monoisotopic (exact) mass is 359 g/mol. The number of amides is 2. The van der Waals surface area contributed by atoms with Gasteiger partial charge in [-0.15, -0.1) is 0 Å². The van der Waals surface area contributed by atoms with Gasteiger partial charge >= 0.3 is 6.03 Å². The Hall–Kier alpha value is -3.34. The van der Waals surface area contributed by atoms with Crippen LogP contribution in [0.15, 0.2) is 71.7 Å². The van der Waals surface area contributed by atoms with E-state index in [4.69, 9.17) is 0 Å². The fourth-order valence-electron chi connectivity index (χ4n) is 3.47. The SMILES string of the molecule is CCn1cc(NC(=O)N2CCc3cc(-c4ccccc4)ccc32)ccc1=O. The van der Waals surface area contributed by atoms with Crippen molar-refractivity contribution in [1.29, 1.82) is 0 Å². The van der Waals surface area contributed by atoms with Crippen molar-refractivity contribution in [3.05, 3.63) is 82.8 Å². The van der Waals surface area contributed by atoms with Gasteiger partial charge < -0.3 is 9.88 Å². The summed E-state index contributed by atoms with van der Waals surface area (Å²) in [4.78, 5) is 26.2. The lowest BCUT2D eigenvalue weighted by Gasteiger charge is -2.19. The molecule has 0 spiro atoms. The molecule has 0 saturated carbocycles. The molecule has 5 nitrogen and oxygen atoms in total. The fraction of sp³-hybridized carbons (Fsp3) is 0.182. The van der Waals surface area contributed by atoms with Crippen LogP contribution >= 0.6 is 0 Å². The third-order valence-corrected chi connectivity index (χ3v) is 4.90. The number of hydrogen-bond acceptors (Lipinski definition) is 2. The van der Waals surface area contributed by atoms with Crippen molar-refractivity contribution in [3.63, 3.8) is 0 Å². The molecule has 0 aliphatic carbocycles. The number of anilines is 2. The van der Waals surface area contributed by atoms with E-state index < -0.39 is 0 Å². The minimum atomic E-state index is -0.178. The summed E-state index contributed by atoms with van der Waals surface area (Å²) >= 11 is 0. The highest BCUT2D eigenvalue weighted by Crippen LogP contribution is 2.32. The summed E-state index contributed by atoms with van der Waals surface area (Å²) in [6.45, 7) is 3.11. The van der Waals surface area contributed by atoms with Crippen LogP contribution < -0.4 is 15.8 Å². The molecule has 0 radical (unpaired) electrons. The van der Waals surface area contributed by atoms with Gasteiger partial charge in [0.25, 0.3) is 5.56 Å². The van der Waals surface area contributed by atoms with E-state index in [9.17, 15) is 9.59 Å². The zero-order chi connectivity index (χ0) is 18.8. The predicted octanol–water partition coefficient (Wildman–Crippen LogP) is 4.13. The molecule has 1 N–H and O–H groups in total. The second-order valence-corrected chi connectivity index (χ2v) is 6.58. The Kier molecular flexibility index (Phi) is 4.50. The van der Waals surface area contributed by atoms with Gasteiger partial charge in [-0.1, -0.05) is 36.4 Å². The molecule has 5 heteroatoms. The highest BCUT2D eigenvalue weighted by molar-refractivity contribution is 6.03. The van der Waals surface area contributed by atoms with Gasteiger partial charge in [0.1, 0.15) is 0 Å². The van der Waals surface area contributed by atoms with Gasteiger partial charge in [0.15, 0.2) is 0 Å². The van der Waals surface area contributed by atoms with Crippen LogP contribution in [-0.4, -0.2) is 17.1 Å². The van der Waals surface area contributed by atoms with Crippen molar-refractivity contribution < 1.29 is 4.79 Å². The first-order chi connectivity index (χ1) is 13.2. The zero-order valence-corrected chi connectivity index (χ0v) is 15.2. The van der Waals surface area contributed by atoms with Crippen LogP contribution in [0.4, 0.5) is 16.2 Å². The molecule has 2 aromatic carbocycles. The highest BCUT2D eigenvalue weighted by Gasteiger charge is 2.25. The lowest BCUT2D eigenvalue weighted by atomic mass is 10.0. The lowest BCUT2D eigenvalue weighted by molar-refractivity contribution is 0.257. The minimum Gasteiger partial charge on any atom is -0.314 e. The first kappa shape index (κ1) is 17.1. The summed E-state index contributed by atoms with van der Waals surface area (Å²) in [5.41, 5.74) is 4.99. The predicted molar refractivity (Wildman–Crippen MR) is 108 cm³/mol. The van der Waals surface area contributed by atoms with E-state index in [0.29, 0.717) is 18.8 Å². The summed E-state index contributed by atoms with van der Waals surface area (Å²) in [7, 11) is 0. The summed E-state index contributed by atoms with van der Waals surface area (Å²) in [6.07, 6.45) is 2.51. The van der Waals surface area contributed by atoms with Crippen LogP contribution in [0.25, 0.3) is 11.1 Å². The van der Waals surface area contributed by atoms with E-state index in [1.807, 2.05) is 31.2 Å². The quantitative estimate of drug-likeness (QED) is 0.764. The van der Waals surface area contributed by atoms with Gasteiger partial charge in [0.05, 0.1) is 5.69 Å². The molecule has 3 aromatic rings. The van der Waals surface area contributed by atoms with Gasteiger partial charge in [0.2, 0.25) is 0 Å². The average molecular weight is 359 g/mol. The molecule has 2 heterocycles. The van der Waals surface area contributed by atoms with Gasteiger partial charge in [-0.05, 0) is 48.2 Å². The number of carbonyl (C=O) groups excluding carboxylic acids is 1. The number of benzene rings is 2. The Morgan fingerprint density at radius 3 is 2.63 bits per heavy atom. The van der Waals surface area contributed by atoms with Crippen molar-refractivity contribution in [2.24, 2.45) is 0 Å². The van der Waals surface area contributed by atoms with Gasteiger partial charge in [0, 0.05) is 31.0 Å². The van der Waals surface area contributed by atoms with Crippen molar-refractivity contribution >= 4 is 17.4 Å². The van der Waals surface area contributed by atoms with Crippen molar-refractivity contribution in [1.82, 2.24) is 4.57 Å². The first-order valence-corrected chi connectivity index (χ1v) is 9.13. The molecule has 2 amide bonds. The van der Waals surface area contributed by atoms with Crippen molar-refractivity contribution in [2.75, 3.05) is 16.8 Å². The Balaban J connectivity index is 1.55. The number of carbonyl (C=O) groups is 1. The van der Waals surface area contributed by atoms with E-state index in [2.05, 4.69) is 29.6 Å². The number of nitrogens with zero attached hydrogens (tertiary/aromatic N) is 2. The number of rotatable bonds is 3. The molecule has 1 aliphatic rings. The molecule has 0 unspecified atom stereocenters. The second kappa shape index (κ2) is 7.11. The number of urea groups is 1. The van der Waals surface area contributed by atoms with Crippen molar-refractivity contribution in [3.8, 4) is 11.1 Å². The maximum Gasteiger partial charge on any atom is 0.326 e. The van der Waals surface area contributed by atoms with Crippen molar-refractivity contribution in [2.45, 2.75) is 19.9 Å². The molecule has 0 saturated heterocycles. The summed E-state index contributed by atoms with van der Waals surface area (Å²) in [6, 6.07) is 19.4. The number of nitrogens with one attached hydrogen (secondary N) is 1. The van der Waals surface area contributed by atoms with Gasteiger partial charge in [-0.3, -0.25) is 9.69 Å². The second-order valence-electron chi connectivity index (χ2n) is 6.58. The minimum absolute atomic E-state index is 0.0736. The van der Waals surface area contributed by atoms with E-state index in [1.165, 1.54) is 17.2 Å². The van der Waals surface area contributed by atoms with Crippen LogP contribution in [0.2, 0.25) is 0 Å². The fourth-order valence-corrected chi connectivity index (χ4v) is 3.47. The Morgan fingerprint density at radius 1 is 1.04 bits per heavy atom. The molecule has 27 heavy (non-hydrogen) atoms. The average Bonchev–Trinajstić information content (AvgIpc) is 3.13. The highest BCUT2D eigenvalue weighted by atomic mass is 16.2. The molecular formula is C22H21N3O2. The maximum atomic E-state index is 12.7. The van der Waals surface area contributed by atoms with Crippen LogP contribution in [0.5, 0.6) is 0 Å². The third kappa shape index (κ3) is 3.36. The normalized spacial score (nSPS) is 12.7. The molecule has 0 atom stereocenters. The summed E-state index contributed by atoms with van der Waals surface area (Å²) in [5.74, 6) is 0. The number of aromatic nitrogens is 1.